The van der Waals surface area contributed by atoms with Crippen LogP contribution in [-0.4, -0.2) is 23.3 Å². The van der Waals surface area contributed by atoms with Crippen LogP contribution in [0.4, 0.5) is 0 Å². The predicted octanol–water partition coefficient (Wildman–Crippen LogP) is 3.04. The molecule has 3 rings (SSSR count). The average Bonchev–Trinajstić information content (AvgIpc) is 2.94. The Hall–Kier alpha value is -0.905. The van der Waals surface area contributed by atoms with Crippen molar-refractivity contribution in [3.63, 3.8) is 0 Å². The maximum absolute atomic E-state index is 6.04. The van der Waals surface area contributed by atoms with Gasteiger partial charge in [-0.3, -0.25) is 0 Å². The van der Waals surface area contributed by atoms with E-state index >= 15 is 0 Å². The van der Waals surface area contributed by atoms with E-state index in [1.54, 1.807) is 11.3 Å². The Bertz CT molecular complexity index is 546. The van der Waals surface area contributed by atoms with Crippen molar-refractivity contribution in [3.05, 3.63) is 34.7 Å². The van der Waals surface area contributed by atoms with Gasteiger partial charge in [0.1, 0.15) is 0 Å². The SMILES string of the molecule is CC1(C)OB(c2csc(C3C=CC=CC3)n2)OC1(C)C. The van der Waals surface area contributed by atoms with Gasteiger partial charge >= 0.3 is 7.12 Å². The lowest BCUT2D eigenvalue weighted by Gasteiger charge is -2.32. The first-order chi connectivity index (χ1) is 9.39. The summed E-state index contributed by atoms with van der Waals surface area (Å²) < 4.78 is 12.1. The third kappa shape index (κ3) is 2.38. The first-order valence-corrected chi connectivity index (χ1v) is 7.91. The van der Waals surface area contributed by atoms with Gasteiger partial charge in [0, 0.05) is 11.3 Å². The fourth-order valence-electron chi connectivity index (χ4n) is 2.31. The summed E-state index contributed by atoms with van der Waals surface area (Å²) in [5, 5.41) is 3.19. The topological polar surface area (TPSA) is 31.4 Å². The lowest BCUT2D eigenvalue weighted by atomic mass is 9.86. The second kappa shape index (κ2) is 4.83. The maximum atomic E-state index is 6.04. The molecule has 1 aromatic rings. The molecular weight excluding hydrogens is 269 g/mol. The van der Waals surface area contributed by atoms with Crippen LogP contribution in [0.2, 0.25) is 0 Å². The molecule has 2 heterocycles. The van der Waals surface area contributed by atoms with Crippen molar-refractivity contribution >= 4 is 24.0 Å². The van der Waals surface area contributed by atoms with Crippen LogP contribution in [0, 0.1) is 0 Å². The van der Waals surface area contributed by atoms with Gasteiger partial charge in [0.15, 0.2) is 0 Å². The lowest BCUT2D eigenvalue weighted by Crippen LogP contribution is -2.41. The van der Waals surface area contributed by atoms with Gasteiger partial charge in [0.2, 0.25) is 0 Å². The summed E-state index contributed by atoms with van der Waals surface area (Å²) in [4.78, 5) is 4.73. The number of nitrogens with zero attached hydrogens (tertiary/aromatic N) is 1. The quantitative estimate of drug-likeness (QED) is 0.784. The minimum absolute atomic E-state index is 0.311. The normalized spacial score (nSPS) is 27.2. The minimum atomic E-state index is -0.354. The summed E-state index contributed by atoms with van der Waals surface area (Å²) >= 11 is 1.69. The minimum Gasteiger partial charge on any atom is -0.398 e. The molecule has 1 saturated heterocycles. The Morgan fingerprint density at radius 1 is 1.20 bits per heavy atom. The summed E-state index contributed by atoms with van der Waals surface area (Å²) in [5.41, 5.74) is 0.274. The van der Waals surface area contributed by atoms with Gasteiger partial charge in [-0.2, -0.15) is 0 Å². The Balaban J connectivity index is 1.78. The molecule has 0 N–H and O–H groups in total. The fraction of sp³-hybridized carbons (Fsp3) is 0.533. The monoisotopic (exact) mass is 289 g/mol. The molecule has 1 aliphatic carbocycles. The van der Waals surface area contributed by atoms with Crippen LogP contribution in [0.5, 0.6) is 0 Å². The smallest absolute Gasteiger partial charge is 0.398 e. The predicted molar refractivity (Wildman–Crippen MR) is 83.5 cm³/mol. The third-order valence-corrected chi connectivity index (χ3v) is 5.33. The van der Waals surface area contributed by atoms with Gasteiger partial charge < -0.3 is 9.31 Å². The molecule has 1 atom stereocenters. The van der Waals surface area contributed by atoms with Crippen molar-refractivity contribution in [3.8, 4) is 0 Å². The number of hydrogen-bond acceptors (Lipinski definition) is 4. The van der Waals surface area contributed by atoms with E-state index in [0.29, 0.717) is 5.92 Å². The van der Waals surface area contributed by atoms with Crippen molar-refractivity contribution in [1.29, 1.82) is 0 Å². The van der Waals surface area contributed by atoms with Crippen LogP contribution in [0.1, 0.15) is 45.0 Å². The van der Waals surface area contributed by atoms with Crippen molar-refractivity contribution in [2.24, 2.45) is 0 Å². The third-order valence-electron chi connectivity index (χ3n) is 4.33. The summed E-state index contributed by atoms with van der Waals surface area (Å²) in [6.07, 6.45) is 9.57. The number of rotatable bonds is 2. The van der Waals surface area contributed by atoms with E-state index in [2.05, 4.69) is 57.4 Å². The number of thiazole rings is 1. The fourth-order valence-corrected chi connectivity index (χ4v) is 3.22. The van der Waals surface area contributed by atoms with Crippen molar-refractivity contribution in [2.45, 2.75) is 51.2 Å². The molecule has 0 radical (unpaired) electrons. The highest BCUT2D eigenvalue weighted by atomic mass is 32.1. The molecule has 0 amide bonds. The van der Waals surface area contributed by atoms with Crippen LogP contribution in [0.15, 0.2) is 29.7 Å². The molecule has 1 unspecified atom stereocenters. The van der Waals surface area contributed by atoms with E-state index in [-0.39, 0.29) is 18.3 Å². The molecule has 0 bridgehead atoms. The summed E-state index contributed by atoms with van der Waals surface area (Å²) in [7, 11) is -0.354. The van der Waals surface area contributed by atoms with Crippen LogP contribution in [0.3, 0.4) is 0 Å². The zero-order valence-electron chi connectivity index (χ0n) is 12.4. The molecular formula is C15H20BNO2S. The number of aromatic nitrogens is 1. The molecule has 1 aliphatic heterocycles. The molecule has 1 aromatic heterocycles. The van der Waals surface area contributed by atoms with Crippen molar-refractivity contribution in [2.75, 3.05) is 0 Å². The van der Waals surface area contributed by atoms with E-state index in [1.807, 2.05) is 0 Å². The molecule has 20 heavy (non-hydrogen) atoms. The molecule has 2 aliphatic rings. The molecule has 0 spiro atoms. The zero-order chi connectivity index (χ0) is 14.4. The molecule has 3 nitrogen and oxygen atoms in total. The largest absolute Gasteiger partial charge is 0.515 e. The second-order valence-corrected chi connectivity index (χ2v) is 7.24. The Morgan fingerprint density at radius 2 is 1.90 bits per heavy atom. The van der Waals surface area contributed by atoms with E-state index < -0.39 is 0 Å². The summed E-state index contributed by atoms with van der Waals surface area (Å²) in [5.74, 6) is 0.390. The molecule has 0 aromatic carbocycles. The Morgan fingerprint density at radius 3 is 2.50 bits per heavy atom. The highest BCUT2D eigenvalue weighted by molar-refractivity contribution is 7.10. The lowest BCUT2D eigenvalue weighted by molar-refractivity contribution is 0.00578. The Labute approximate surface area is 124 Å². The van der Waals surface area contributed by atoms with Crippen LogP contribution in [0.25, 0.3) is 0 Å². The summed E-state index contributed by atoms with van der Waals surface area (Å²) in [6, 6.07) is 0. The van der Waals surface area contributed by atoms with E-state index in [0.717, 1.165) is 17.0 Å². The van der Waals surface area contributed by atoms with E-state index in [4.69, 9.17) is 14.3 Å². The van der Waals surface area contributed by atoms with Gasteiger partial charge in [-0.15, -0.1) is 11.3 Å². The number of allylic oxidation sites excluding steroid dienone is 4. The highest BCUT2D eigenvalue weighted by Crippen LogP contribution is 2.36. The first kappa shape index (κ1) is 14.0. The maximum Gasteiger partial charge on any atom is 0.515 e. The van der Waals surface area contributed by atoms with Gasteiger partial charge in [0.05, 0.1) is 21.8 Å². The standard InChI is InChI=1S/C15H20BNO2S/c1-14(2)15(3,4)19-16(18-14)12-10-20-13(17-12)11-8-6-5-7-9-11/h5-8,10-11H,9H2,1-4H3. The average molecular weight is 289 g/mol. The molecule has 0 saturated carbocycles. The highest BCUT2D eigenvalue weighted by Gasteiger charge is 2.52. The summed E-state index contributed by atoms with van der Waals surface area (Å²) in [6.45, 7) is 8.26. The van der Waals surface area contributed by atoms with Gasteiger partial charge in [0.25, 0.3) is 0 Å². The van der Waals surface area contributed by atoms with Crippen LogP contribution >= 0.6 is 11.3 Å². The second-order valence-electron chi connectivity index (χ2n) is 6.35. The molecule has 5 heteroatoms. The van der Waals surface area contributed by atoms with Gasteiger partial charge in [-0.25, -0.2) is 4.98 Å². The number of hydrogen-bond donors (Lipinski definition) is 0. The molecule has 106 valence electrons. The van der Waals surface area contributed by atoms with Crippen molar-refractivity contribution < 1.29 is 9.31 Å². The van der Waals surface area contributed by atoms with Gasteiger partial charge in [-0.1, -0.05) is 24.3 Å². The van der Waals surface area contributed by atoms with Crippen molar-refractivity contribution in [1.82, 2.24) is 4.98 Å². The molecule has 1 fully saturated rings. The van der Waals surface area contributed by atoms with E-state index in [9.17, 15) is 0 Å². The van der Waals surface area contributed by atoms with E-state index in [1.165, 1.54) is 0 Å². The zero-order valence-corrected chi connectivity index (χ0v) is 13.2. The first-order valence-electron chi connectivity index (χ1n) is 7.03. The van der Waals surface area contributed by atoms with Crippen LogP contribution in [-0.2, 0) is 9.31 Å². The van der Waals surface area contributed by atoms with Crippen LogP contribution < -0.4 is 5.59 Å². The Kier molecular flexibility index (Phi) is 3.39. The van der Waals surface area contributed by atoms with Gasteiger partial charge in [-0.05, 0) is 34.1 Å².